The highest BCUT2D eigenvalue weighted by molar-refractivity contribution is 5.76. The molecule has 1 amide bonds. The average Bonchev–Trinajstić information content (AvgIpc) is 2.71. The predicted octanol–water partition coefficient (Wildman–Crippen LogP) is 6.34. The summed E-state index contributed by atoms with van der Waals surface area (Å²) in [5, 5.41) is 0. The zero-order valence-electron chi connectivity index (χ0n) is 19.3. The minimum absolute atomic E-state index is 0.163. The Balaban J connectivity index is 3.91. The summed E-state index contributed by atoms with van der Waals surface area (Å²) in [6.07, 6.45) is 20.5. The van der Waals surface area contributed by atoms with Crippen LogP contribution in [-0.4, -0.2) is 18.0 Å². The van der Waals surface area contributed by atoms with Gasteiger partial charge in [-0.15, -0.1) is 0 Å². The highest BCUT2D eigenvalue weighted by Crippen LogP contribution is 2.16. The van der Waals surface area contributed by atoms with E-state index in [1.807, 2.05) is 0 Å². The topological polar surface area (TPSA) is 81.4 Å². The van der Waals surface area contributed by atoms with Crippen molar-refractivity contribution >= 4 is 11.9 Å². The van der Waals surface area contributed by atoms with Crippen molar-refractivity contribution in [2.24, 2.45) is 5.84 Å². The molecule has 0 radical (unpaired) electrons. The van der Waals surface area contributed by atoms with E-state index in [4.69, 9.17) is 10.6 Å². The molecule has 5 heteroatoms. The van der Waals surface area contributed by atoms with E-state index in [-0.39, 0.29) is 24.4 Å². The molecule has 172 valence electrons. The Kier molecular flexibility index (Phi) is 20.8. The summed E-state index contributed by atoms with van der Waals surface area (Å²) in [5.41, 5.74) is 2.15. The van der Waals surface area contributed by atoms with Crippen LogP contribution in [0.3, 0.4) is 0 Å². The summed E-state index contributed by atoms with van der Waals surface area (Å²) in [5.74, 6) is 4.76. The van der Waals surface area contributed by atoms with Crippen LogP contribution in [0.4, 0.5) is 0 Å². The molecule has 0 aliphatic heterocycles. The zero-order valence-corrected chi connectivity index (χ0v) is 19.3. The fourth-order valence-electron chi connectivity index (χ4n) is 3.62. The third-order valence-corrected chi connectivity index (χ3v) is 5.49. The molecule has 0 rings (SSSR count). The van der Waals surface area contributed by atoms with Crippen molar-refractivity contribution in [3.8, 4) is 0 Å². The Bertz CT molecular complexity index is 388. The van der Waals surface area contributed by atoms with Crippen molar-refractivity contribution in [3.05, 3.63) is 0 Å². The summed E-state index contributed by atoms with van der Waals surface area (Å²) in [6.45, 7) is 4.45. The minimum atomic E-state index is -0.347. The van der Waals surface area contributed by atoms with Gasteiger partial charge in [-0.2, -0.15) is 0 Å². The molecule has 0 fully saturated rings. The van der Waals surface area contributed by atoms with E-state index in [1.54, 1.807) is 0 Å². The Morgan fingerprint density at radius 1 is 0.724 bits per heavy atom. The molecular formula is C24H48N2O3. The van der Waals surface area contributed by atoms with Crippen LogP contribution in [0, 0.1) is 0 Å². The number of hydrazine groups is 1. The fourth-order valence-corrected chi connectivity index (χ4v) is 3.62. The van der Waals surface area contributed by atoms with Gasteiger partial charge in [0.05, 0.1) is 6.42 Å². The number of nitrogens with one attached hydrogen (secondary N) is 1. The highest BCUT2D eigenvalue weighted by Gasteiger charge is 2.17. The van der Waals surface area contributed by atoms with Gasteiger partial charge in [-0.25, -0.2) is 5.84 Å². The molecule has 0 unspecified atom stereocenters. The SMILES string of the molecule is CCCCCCCCCCC[C@H](CC(=O)NN)OC(=O)CCCCCCCCC. The van der Waals surface area contributed by atoms with E-state index in [0.717, 1.165) is 32.1 Å². The normalized spacial score (nSPS) is 12.0. The van der Waals surface area contributed by atoms with Crippen LogP contribution >= 0.6 is 0 Å². The van der Waals surface area contributed by atoms with Gasteiger partial charge in [-0.1, -0.05) is 104 Å². The molecule has 3 N–H and O–H groups in total. The summed E-state index contributed by atoms with van der Waals surface area (Å²) in [6, 6.07) is 0. The smallest absolute Gasteiger partial charge is 0.306 e. The van der Waals surface area contributed by atoms with Crippen LogP contribution in [0.15, 0.2) is 0 Å². The highest BCUT2D eigenvalue weighted by atomic mass is 16.5. The summed E-state index contributed by atoms with van der Waals surface area (Å²) >= 11 is 0. The van der Waals surface area contributed by atoms with E-state index in [1.165, 1.54) is 77.0 Å². The molecule has 0 saturated carbocycles. The lowest BCUT2D eigenvalue weighted by Crippen LogP contribution is -2.34. The van der Waals surface area contributed by atoms with Gasteiger partial charge in [-0.3, -0.25) is 15.0 Å². The van der Waals surface area contributed by atoms with Gasteiger partial charge in [0.15, 0.2) is 0 Å². The lowest BCUT2D eigenvalue weighted by atomic mass is 10.0. The van der Waals surface area contributed by atoms with Gasteiger partial charge >= 0.3 is 5.97 Å². The molecule has 0 aliphatic carbocycles. The second kappa shape index (κ2) is 21.6. The number of hydrogen-bond acceptors (Lipinski definition) is 4. The van der Waals surface area contributed by atoms with Crippen LogP contribution in [0.25, 0.3) is 0 Å². The first-order chi connectivity index (χ1) is 14.1. The van der Waals surface area contributed by atoms with E-state index < -0.39 is 0 Å². The molecular weight excluding hydrogens is 364 g/mol. The molecule has 1 atom stereocenters. The van der Waals surface area contributed by atoms with Crippen LogP contribution in [-0.2, 0) is 14.3 Å². The quantitative estimate of drug-likeness (QED) is 0.0757. The lowest BCUT2D eigenvalue weighted by Gasteiger charge is -2.17. The number of carbonyl (C=O) groups is 2. The molecule has 0 aromatic rings. The maximum absolute atomic E-state index is 12.1. The van der Waals surface area contributed by atoms with Crippen LogP contribution in [0.1, 0.15) is 136 Å². The first-order valence-electron chi connectivity index (χ1n) is 12.3. The number of esters is 1. The average molecular weight is 413 g/mol. The molecule has 0 aromatic heterocycles. The summed E-state index contributed by atoms with van der Waals surface area (Å²) < 4.78 is 5.58. The van der Waals surface area contributed by atoms with Crippen molar-refractivity contribution in [2.45, 2.75) is 142 Å². The maximum atomic E-state index is 12.1. The molecule has 0 heterocycles. The number of rotatable bonds is 21. The third kappa shape index (κ3) is 20.0. The Morgan fingerprint density at radius 3 is 1.66 bits per heavy atom. The molecule has 0 spiro atoms. The fraction of sp³-hybridized carbons (Fsp3) is 0.917. The molecule has 0 saturated heterocycles. The van der Waals surface area contributed by atoms with Gasteiger partial charge < -0.3 is 4.74 Å². The standard InChI is InChI=1S/C24H48N2O3/c1-3-5-7-9-11-12-14-15-17-19-22(21-23(27)26-25)29-24(28)20-18-16-13-10-8-6-4-2/h22H,3-21,25H2,1-2H3,(H,26,27)/t22-/m1/s1. The Labute approximate surface area is 179 Å². The zero-order chi connectivity index (χ0) is 21.6. The first-order valence-corrected chi connectivity index (χ1v) is 12.3. The van der Waals surface area contributed by atoms with Gasteiger partial charge in [0.1, 0.15) is 6.10 Å². The van der Waals surface area contributed by atoms with Crippen molar-refractivity contribution in [1.29, 1.82) is 0 Å². The number of carbonyl (C=O) groups excluding carboxylic acids is 2. The van der Waals surface area contributed by atoms with Gasteiger partial charge in [0, 0.05) is 6.42 Å². The molecule has 0 aromatic carbocycles. The van der Waals surface area contributed by atoms with Crippen molar-refractivity contribution < 1.29 is 14.3 Å². The van der Waals surface area contributed by atoms with Crippen LogP contribution in [0.5, 0.6) is 0 Å². The third-order valence-electron chi connectivity index (χ3n) is 5.49. The first kappa shape index (κ1) is 27.9. The lowest BCUT2D eigenvalue weighted by molar-refractivity contribution is -0.151. The minimum Gasteiger partial charge on any atom is -0.462 e. The van der Waals surface area contributed by atoms with Gasteiger partial charge in [0.2, 0.25) is 5.91 Å². The Morgan fingerprint density at radius 2 is 1.17 bits per heavy atom. The van der Waals surface area contributed by atoms with Crippen LogP contribution in [0.2, 0.25) is 0 Å². The van der Waals surface area contributed by atoms with Crippen LogP contribution < -0.4 is 11.3 Å². The molecule has 0 aliphatic rings. The largest absolute Gasteiger partial charge is 0.462 e. The summed E-state index contributed by atoms with van der Waals surface area (Å²) in [4.78, 5) is 23.8. The van der Waals surface area contributed by atoms with E-state index in [0.29, 0.717) is 6.42 Å². The van der Waals surface area contributed by atoms with Crippen molar-refractivity contribution in [2.75, 3.05) is 0 Å². The van der Waals surface area contributed by atoms with Gasteiger partial charge in [0.25, 0.3) is 0 Å². The van der Waals surface area contributed by atoms with E-state index in [9.17, 15) is 9.59 Å². The van der Waals surface area contributed by atoms with E-state index >= 15 is 0 Å². The van der Waals surface area contributed by atoms with Crippen molar-refractivity contribution in [1.82, 2.24) is 5.43 Å². The maximum Gasteiger partial charge on any atom is 0.306 e. The second-order valence-corrected chi connectivity index (χ2v) is 8.37. The molecule has 29 heavy (non-hydrogen) atoms. The number of nitrogens with two attached hydrogens (primary N) is 1. The summed E-state index contributed by atoms with van der Waals surface area (Å²) in [7, 11) is 0. The molecule has 0 bridgehead atoms. The predicted molar refractivity (Wildman–Crippen MR) is 121 cm³/mol. The number of unbranched alkanes of at least 4 members (excludes halogenated alkanes) is 14. The number of hydrogen-bond donors (Lipinski definition) is 2. The monoisotopic (exact) mass is 412 g/mol. The number of ether oxygens (including phenoxy) is 1. The molecule has 5 nitrogen and oxygen atoms in total. The second-order valence-electron chi connectivity index (χ2n) is 8.37. The van der Waals surface area contributed by atoms with Gasteiger partial charge in [-0.05, 0) is 19.3 Å². The number of amides is 1. The van der Waals surface area contributed by atoms with E-state index in [2.05, 4.69) is 19.3 Å². The Hall–Kier alpha value is -1.10. The van der Waals surface area contributed by atoms with Crippen molar-refractivity contribution in [3.63, 3.8) is 0 Å².